The minimum Gasteiger partial charge on any atom is -0.494 e. The summed E-state index contributed by atoms with van der Waals surface area (Å²) in [5.74, 6) is -1.31. The highest BCUT2D eigenvalue weighted by molar-refractivity contribution is 5.32. The van der Waals surface area contributed by atoms with E-state index in [2.05, 4.69) is 6.08 Å². The maximum absolute atomic E-state index is 14.1. The van der Waals surface area contributed by atoms with Crippen LogP contribution >= 0.6 is 0 Å². The van der Waals surface area contributed by atoms with Crippen molar-refractivity contribution in [1.29, 1.82) is 0 Å². The zero-order valence-corrected chi connectivity index (χ0v) is 13.5. The average Bonchev–Trinajstić information content (AvgIpc) is 2.99. The van der Waals surface area contributed by atoms with Crippen molar-refractivity contribution in [3.05, 3.63) is 41.0 Å². The van der Waals surface area contributed by atoms with Crippen molar-refractivity contribution in [2.45, 2.75) is 38.4 Å². The molecule has 1 heterocycles. The second-order valence-corrected chi connectivity index (χ2v) is 6.27. The standard InChI is InChI=1S/C18H22F2O3/c1-12(9-14-10-16(20)17(21-2)11-15(14)19)13-3-5-18(6-4-13)22-7-8-23-18/h3,10-12H,4-9H2,1-2H3. The first kappa shape index (κ1) is 16.4. The SMILES string of the molecule is COc1cc(F)c(CC(C)C2=CCC3(CC2)OCCO3)cc1F. The van der Waals surface area contributed by atoms with Crippen molar-refractivity contribution in [2.24, 2.45) is 5.92 Å². The maximum atomic E-state index is 14.1. The van der Waals surface area contributed by atoms with E-state index in [4.69, 9.17) is 14.2 Å². The monoisotopic (exact) mass is 324 g/mol. The Hall–Kier alpha value is -1.46. The molecule has 5 heteroatoms. The predicted octanol–water partition coefficient (Wildman–Crippen LogP) is 4.01. The minimum absolute atomic E-state index is 0.0618. The molecule has 23 heavy (non-hydrogen) atoms. The van der Waals surface area contributed by atoms with Gasteiger partial charge < -0.3 is 14.2 Å². The summed E-state index contributed by atoms with van der Waals surface area (Å²) in [4.78, 5) is 0. The van der Waals surface area contributed by atoms with Gasteiger partial charge in [-0.05, 0) is 30.4 Å². The molecule has 1 fully saturated rings. The molecule has 0 amide bonds. The van der Waals surface area contributed by atoms with E-state index in [0.717, 1.165) is 25.3 Å². The van der Waals surface area contributed by atoms with Crippen molar-refractivity contribution in [2.75, 3.05) is 20.3 Å². The number of benzene rings is 1. The van der Waals surface area contributed by atoms with Gasteiger partial charge in [-0.3, -0.25) is 0 Å². The normalized spacial score (nSPS) is 21.3. The first-order valence-corrected chi connectivity index (χ1v) is 8.02. The van der Waals surface area contributed by atoms with E-state index in [-0.39, 0.29) is 11.7 Å². The summed E-state index contributed by atoms with van der Waals surface area (Å²) in [6.07, 6.45) is 5.01. The van der Waals surface area contributed by atoms with Crippen LogP contribution in [-0.4, -0.2) is 26.1 Å². The molecule has 1 aromatic carbocycles. The molecule has 2 aliphatic rings. The fourth-order valence-corrected chi connectivity index (χ4v) is 3.38. The summed E-state index contributed by atoms with van der Waals surface area (Å²) in [5, 5.41) is 0. The topological polar surface area (TPSA) is 27.7 Å². The van der Waals surface area contributed by atoms with E-state index in [9.17, 15) is 8.78 Å². The maximum Gasteiger partial charge on any atom is 0.172 e. The van der Waals surface area contributed by atoms with E-state index in [1.54, 1.807) is 0 Å². The number of hydrogen-bond donors (Lipinski definition) is 0. The van der Waals surface area contributed by atoms with Gasteiger partial charge in [-0.15, -0.1) is 0 Å². The zero-order valence-electron chi connectivity index (χ0n) is 13.5. The Morgan fingerprint density at radius 3 is 2.57 bits per heavy atom. The molecule has 0 radical (unpaired) electrons. The van der Waals surface area contributed by atoms with Gasteiger partial charge in [0.1, 0.15) is 5.82 Å². The highest BCUT2D eigenvalue weighted by atomic mass is 19.1. The largest absolute Gasteiger partial charge is 0.494 e. The molecule has 1 aliphatic heterocycles. The molecular formula is C18H22F2O3. The summed E-state index contributed by atoms with van der Waals surface area (Å²) < 4.78 is 44.1. The van der Waals surface area contributed by atoms with Crippen LogP contribution in [0.2, 0.25) is 0 Å². The Balaban J connectivity index is 1.69. The van der Waals surface area contributed by atoms with Gasteiger partial charge in [-0.2, -0.15) is 0 Å². The van der Waals surface area contributed by atoms with Gasteiger partial charge in [0.25, 0.3) is 0 Å². The molecule has 1 atom stereocenters. The van der Waals surface area contributed by atoms with Gasteiger partial charge in [0.2, 0.25) is 0 Å². The van der Waals surface area contributed by atoms with Crippen molar-refractivity contribution in [1.82, 2.24) is 0 Å². The van der Waals surface area contributed by atoms with Crippen LogP contribution in [0.1, 0.15) is 31.7 Å². The fourth-order valence-electron chi connectivity index (χ4n) is 3.38. The molecule has 1 saturated heterocycles. The number of rotatable bonds is 4. The average molecular weight is 324 g/mol. The molecule has 1 unspecified atom stereocenters. The lowest BCUT2D eigenvalue weighted by Gasteiger charge is -2.32. The van der Waals surface area contributed by atoms with Crippen molar-refractivity contribution in [3.8, 4) is 5.75 Å². The lowest BCUT2D eigenvalue weighted by atomic mass is 9.84. The number of hydrogen-bond acceptors (Lipinski definition) is 3. The number of methoxy groups -OCH3 is 1. The predicted molar refractivity (Wildman–Crippen MR) is 82.3 cm³/mol. The minimum atomic E-state index is -0.527. The Labute approximate surface area is 135 Å². The second-order valence-electron chi connectivity index (χ2n) is 6.27. The lowest BCUT2D eigenvalue weighted by Crippen LogP contribution is -2.32. The summed E-state index contributed by atoms with van der Waals surface area (Å²) >= 11 is 0. The van der Waals surface area contributed by atoms with Gasteiger partial charge in [-0.25, -0.2) is 8.78 Å². The third-order valence-electron chi connectivity index (χ3n) is 4.76. The lowest BCUT2D eigenvalue weighted by molar-refractivity contribution is -0.161. The fraction of sp³-hybridized carbons (Fsp3) is 0.556. The van der Waals surface area contributed by atoms with Crippen LogP contribution in [0.25, 0.3) is 0 Å². The van der Waals surface area contributed by atoms with E-state index < -0.39 is 17.4 Å². The van der Waals surface area contributed by atoms with Crippen LogP contribution in [0.15, 0.2) is 23.8 Å². The molecule has 0 N–H and O–H groups in total. The van der Waals surface area contributed by atoms with E-state index in [0.29, 0.717) is 25.2 Å². The summed E-state index contributed by atoms with van der Waals surface area (Å²) in [7, 11) is 1.33. The van der Waals surface area contributed by atoms with Crippen LogP contribution < -0.4 is 4.74 Å². The van der Waals surface area contributed by atoms with Gasteiger partial charge in [0.05, 0.1) is 20.3 Å². The Kier molecular flexibility index (Phi) is 4.69. The van der Waals surface area contributed by atoms with E-state index >= 15 is 0 Å². The van der Waals surface area contributed by atoms with Crippen molar-refractivity contribution < 1.29 is 23.0 Å². The first-order valence-electron chi connectivity index (χ1n) is 8.02. The summed E-state index contributed by atoms with van der Waals surface area (Å²) in [5.41, 5.74) is 1.63. The number of ether oxygens (including phenoxy) is 3. The summed E-state index contributed by atoms with van der Waals surface area (Å²) in [6, 6.07) is 2.35. The second kappa shape index (κ2) is 6.57. The molecule has 0 aromatic heterocycles. The highest BCUT2D eigenvalue weighted by Gasteiger charge is 2.38. The smallest absolute Gasteiger partial charge is 0.172 e. The van der Waals surface area contributed by atoms with Crippen LogP contribution in [-0.2, 0) is 15.9 Å². The van der Waals surface area contributed by atoms with Crippen molar-refractivity contribution in [3.63, 3.8) is 0 Å². The third-order valence-corrected chi connectivity index (χ3v) is 4.76. The highest BCUT2D eigenvalue weighted by Crippen LogP contribution is 2.38. The molecule has 0 bridgehead atoms. The van der Waals surface area contributed by atoms with E-state index in [1.165, 1.54) is 18.7 Å². The Morgan fingerprint density at radius 2 is 1.96 bits per heavy atom. The van der Waals surface area contributed by atoms with Gasteiger partial charge >= 0.3 is 0 Å². The molecule has 1 aromatic rings. The third kappa shape index (κ3) is 3.40. The molecule has 3 nitrogen and oxygen atoms in total. The number of halogens is 2. The molecule has 126 valence electrons. The number of allylic oxidation sites excluding steroid dienone is 1. The first-order chi connectivity index (χ1) is 11.0. The Morgan fingerprint density at radius 1 is 1.22 bits per heavy atom. The van der Waals surface area contributed by atoms with Crippen LogP contribution in [0.3, 0.4) is 0 Å². The van der Waals surface area contributed by atoms with Crippen LogP contribution in [0.5, 0.6) is 5.75 Å². The zero-order chi connectivity index (χ0) is 16.4. The molecule has 3 rings (SSSR count). The van der Waals surface area contributed by atoms with Gasteiger partial charge in [-0.1, -0.05) is 18.6 Å². The van der Waals surface area contributed by atoms with Gasteiger partial charge in [0.15, 0.2) is 17.4 Å². The van der Waals surface area contributed by atoms with Crippen molar-refractivity contribution >= 4 is 0 Å². The van der Waals surface area contributed by atoms with Crippen LogP contribution in [0, 0.1) is 17.6 Å². The van der Waals surface area contributed by atoms with Gasteiger partial charge in [0, 0.05) is 18.9 Å². The van der Waals surface area contributed by atoms with E-state index in [1.807, 2.05) is 6.92 Å². The summed E-state index contributed by atoms with van der Waals surface area (Å²) in [6.45, 7) is 3.34. The molecule has 1 spiro atoms. The van der Waals surface area contributed by atoms with Crippen LogP contribution in [0.4, 0.5) is 8.78 Å². The Bertz CT molecular complexity index is 607. The molecular weight excluding hydrogens is 302 g/mol. The quantitative estimate of drug-likeness (QED) is 0.783. The molecule has 1 aliphatic carbocycles. The molecule has 0 saturated carbocycles.